The zero-order chi connectivity index (χ0) is 12.1. The van der Waals surface area contributed by atoms with Gasteiger partial charge in [-0.05, 0) is 6.92 Å². The molecule has 1 heterocycles. The summed E-state index contributed by atoms with van der Waals surface area (Å²) in [7, 11) is 0. The van der Waals surface area contributed by atoms with E-state index in [9.17, 15) is 4.79 Å². The van der Waals surface area contributed by atoms with Gasteiger partial charge in [0, 0.05) is 10.8 Å². The second-order valence-corrected chi connectivity index (χ2v) is 6.49. The van der Waals surface area contributed by atoms with Gasteiger partial charge in [0.05, 0.1) is 6.04 Å². The molecule has 1 fully saturated rings. The molecular weight excluding hydrogens is 190 g/mol. The molecule has 1 unspecified atom stereocenters. The zero-order valence-electron chi connectivity index (χ0n) is 10.9. The number of hydrogen-bond donors (Lipinski definition) is 1. The van der Waals surface area contributed by atoms with Gasteiger partial charge in [-0.3, -0.25) is 0 Å². The highest BCUT2D eigenvalue weighted by atomic mass is 16.6. The molecule has 1 aliphatic rings. The topological polar surface area (TPSA) is 38.3 Å². The number of hydrogen-bond acceptors (Lipinski definition) is 2. The minimum atomic E-state index is -0.461. The molecule has 0 spiro atoms. The summed E-state index contributed by atoms with van der Waals surface area (Å²) in [5.41, 5.74) is -0.648. The van der Waals surface area contributed by atoms with Gasteiger partial charge in [-0.1, -0.05) is 41.5 Å². The lowest BCUT2D eigenvalue weighted by Crippen LogP contribution is -2.60. The summed E-state index contributed by atoms with van der Waals surface area (Å²) in [6.45, 7) is 14.7. The first-order valence-corrected chi connectivity index (χ1v) is 5.52. The normalized spacial score (nSPS) is 26.1. The van der Waals surface area contributed by atoms with Crippen LogP contribution in [0.25, 0.3) is 0 Å². The van der Waals surface area contributed by atoms with E-state index >= 15 is 0 Å². The molecule has 15 heavy (non-hydrogen) atoms. The fourth-order valence-corrected chi connectivity index (χ4v) is 3.27. The minimum Gasteiger partial charge on any atom is -0.440 e. The van der Waals surface area contributed by atoms with E-state index in [4.69, 9.17) is 4.74 Å². The Labute approximate surface area is 92.6 Å². The summed E-state index contributed by atoms with van der Waals surface area (Å²) < 4.78 is 5.64. The fraction of sp³-hybridized carbons (Fsp3) is 0.917. The fourth-order valence-electron chi connectivity index (χ4n) is 3.27. The summed E-state index contributed by atoms with van der Waals surface area (Å²) >= 11 is 0. The van der Waals surface area contributed by atoms with Gasteiger partial charge in [-0.15, -0.1) is 0 Å². The second kappa shape index (κ2) is 3.13. The Hall–Kier alpha value is -0.730. The van der Waals surface area contributed by atoms with E-state index in [0.717, 1.165) is 0 Å². The SMILES string of the molecule is CC1NC(=O)OC1(C(C)(C)C)C(C)(C)C. The number of carbonyl (C=O) groups excluding carboxylic acids is 1. The maximum absolute atomic E-state index is 11.4. The third-order valence-corrected chi connectivity index (χ3v) is 3.43. The van der Waals surface area contributed by atoms with Crippen molar-refractivity contribution < 1.29 is 9.53 Å². The van der Waals surface area contributed by atoms with Gasteiger partial charge >= 0.3 is 6.09 Å². The largest absolute Gasteiger partial charge is 0.440 e. The standard InChI is InChI=1S/C12H23NO2/c1-8-12(10(2,3)4,11(5,6)7)15-9(14)13-8/h8H,1-7H3,(H,13,14). The van der Waals surface area contributed by atoms with Crippen molar-refractivity contribution in [3.8, 4) is 0 Å². The van der Waals surface area contributed by atoms with E-state index in [0.29, 0.717) is 0 Å². The molecule has 0 aromatic heterocycles. The first-order chi connectivity index (χ1) is 6.52. The monoisotopic (exact) mass is 213 g/mol. The van der Waals surface area contributed by atoms with Crippen molar-refractivity contribution in [1.82, 2.24) is 5.32 Å². The third-order valence-electron chi connectivity index (χ3n) is 3.43. The van der Waals surface area contributed by atoms with Crippen LogP contribution in [0.1, 0.15) is 48.5 Å². The lowest BCUT2D eigenvalue weighted by Gasteiger charge is -2.50. The number of carbonyl (C=O) groups is 1. The van der Waals surface area contributed by atoms with Crippen LogP contribution in [-0.4, -0.2) is 17.7 Å². The van der Waals surface area contributed by atoms with Crippen molar-refractivity contribution >= 4 is 6.09 Å². The molecule has 0 saturated carbocycles. The van der Waals surface area contributed by atoms with E-state index < -0.39 is 5.60 Å². The average molecular weight is 213 g/mol. The van der Waals surface area contributed by atoms with Crippen LogP contribution in [0.2, 0.25) is 0 Å². The summed E-state index contributed by atoms with van der Waals surface area (Å²) in [6.07, 6.45) is -0.299. The number of rotatable bonds is 0. The zero-order valence-corrected chi connectivity index (χ0v) is 10.9. The summed E-state index contributed by atoms with van der Waals surface area (Å²) in [5.74, 6) is 0. The molecule has 0 aromatic rings. The van der Waals surface area contributed by atoms with Crippen molar-refractivity contribution in [2.24, 2.45) is 10.8 Å². The van der Waals surface area contributed by atoms with Crippen molar-refractivity contribution in [2.45, 2.75) is 60.1 Å². The van der Waals surface area contributed by atoms with Gasteiger partial charge in [0.15, 0.2) is 0 Å². The number of cyclic esters (lactones) is 1. The molecule has 1 rings (SSSR count). The van der Waals surface area contributed by atoms with Crippen LogP contribution < -0.4 is 5.32 Å². The summed E-state index contributed by atoms with van der Waals surface area (Å²) in [4.78, 5) is 11.4. The first kappa shape index (κ1) is 12.3. The highest BCUT2D eigenvalue weighted by Gasteiger charge is 2.61. The molecule has 0 aliphatic carbocycles. The van der Waals surface area contributed by atoms with Crippen LogP contribution in [0.3, 0.4) is 0 Å². The molecule has 1 aliphatic heterocycles. The van der Waals surface area contributed by atoms with E-state index in [1.54, 1.807) is 0 Å². The highest BCUT2D eigenvalue weighted by molar-refractivity contribution is 5.71. The van der Waals surface area contributed by atoms with Gasteiger partial charge in [0.25, 0.3) is 0 Å². The predicted octanol–water partition coefficient (Wildman–Crippen LogP) is 2.95. The molecule has 0 radical (unpaired) electrons. The predicted molar refractivity (Wildman–Crippen MR) is 60.7 cm³/mol. The Bertz CT molecular complexity index is 256. The highest BCUT2D eigenvalue weighted by Crippen LogP contribution is 2.51. The lowest BCUT2D eigenvalue weighted by molar-refractivity contribution is -0.125. The quantitative estimate of drug-likeness (QED) is 0.672. The molecule has 3 heteroatoms. The van der Waals surface area contributed by atoms with Gasteiger partial charge in [-0.25, -0.2) is 4.79 Å². The molecule has 1 atom stereocenters. The summed E-state index contributed by atoms with van der Waals surface area (Å²) in [6, 6.07) is 0.0324. The van der Waals surface area contributed by atoms with Crippen molar-refractivity contribution in [2.75, 3.05) is 0 Å². The maximum Gasteiger partial charge on any atom is 0.408 e. The second-order valence-electron chi connectivity index (χ2n) is 6.49. The minimum absolute atomic E-state index is 0.0324. The number of ether oxygens (including phenoxy) is 1. The van der Waals surface area contributed by atoms with Gasteiger partial charge in [0.1, 0.15) is 5.60 Å². The molecule has 88 valence electrons. The Morgan fingerprint density at radius 2 is 1.53 bits per heavy atom. The molecule has 0 aromatic carbocycles. The van der Waals surface area contributed by atoms with Crippen LogP contribution >= 0.6 is 0 Å². The molecule has 0 bridgehead atoms. The maximum atomic E-state index is 11.4. The number of alkyl carbamates (subject to hydrolysis) is 1. The molecule has 3 nitrogen and oxygen atoms in total. The van der Waals surface area contributed by atoms with Crippen LogP contribution in [0.5, 0.6) is 0 Å². The van der Waals surface area contributed by atoms with Gasteiger partial charge in [-0.2, -0.15) is 0 Å². The number of amides is 1. The first-order valence-electron chi connectivity index (χ1n) is 5.52. The van der Waals surface area contributed by atoms with Crippen molar-refractivity contribution in [1.29, 1.82) is 0 Å². The molecule has 1 saturated heterocycles. The van der Waals surface area contributed by atoms with Gasteiger partial charge in [0.2, 0.25) is 0 Å². The smallest absolute Gasteiger partial charge is 0.408 e. The van der Waals surface area contributed by atoms with Crippen molar-refractivity contribution in [3.05, 3.63) is 0 Å². The average Bonchev–Trinajstić information content (AvgIpc) is 2.23. The molecular formula is C12H23NO2. The Morgan fingerprint density at radius 1 is 1.13 bits per heavy atom. The van der Waals surface area contributed by atoms with E-state index in [1.807, 2.05) is 6.92 Å². The van der Waals surface area contributed by atoms with Crippen LogP contribution in [-0.2, 0) is 4.74 Å². The molecule has 1 N–H and O–H groups in total. The van der Waals surface area contributed by atoms with Crippen molar-refractivity contribution in [3.63, 3.8) is 0 Å². The third kappa shape index (κ3) is 1.62. The Kier molecular flexibility index (Phi) is 2.57. The Balaban J connectivity index is 3.27. The Morgan fingerprint density at radius 3 is 1.67 bits per heavy atom. The van der Waals surface area contributed by atoms with E-state index in [1.165, 1.54) is 0 Å². The number of nitrogens with one attached hydrogen (secondary N) is 1. The van der Waals surface area contributed by atoms with Gasteiger partial charge < -0.3 is 10.1 Å². The van der Waals surface area contributed by atoms with E-state index in [2.05, 4.69) is 46.9 Å². The lowest BCUT2D eigenvalue weighted by atomic mass is 9.59. The van der Waals surface area contributed by atoms with E-state index in [-0.39, 0.29) is 23.0 Å². The van der Waals surface area contributed by atoms with Crippen LogP contribution in [0, 0.1) is 10.8 Å². The molecule has 1 amide bonds. The van der Waals surface area contributed by atoms with Crippen LogP contribution in [0.15, 0.2) is 0 Å². The van der Waals surface area contributed by atoms with Crippen LogP contribution in [0.4, 0.5) is 4.79 Å². The summed E-state index contributed by atoms with van der Waals surface area (Å²) in [5, 5.41) is 2.86.